The van der Waals surface area contributed by atoms with E-state index in [1.54, 1.807) is 0 Å². The van der Waals surface area contributed by atoms with E-state index in [4.69, 9.17) is 5.11 Å². The molecule has 0 saturated heterocycles. The zero-order valence-electron chi connectivity index (χ0n) is 9.36. The lowest BCUT2D eigenvalue weighted by Gasteiger charge is -2.18. The van der Waals surface area contributed by atoms with Crippen molar-refractivity contribution in [3.8, 4) is 0 Å². The molecule has 0 unspecified atom stereocenters. The maximum Gasteiger partial charge on any atom is 0.308 e. The second-order valence-corrected chi connectivity index (χ2v) is 3.30. The van der Waals surface area contributed by atoms with Gasteiger partial charge in [-0.25, -0.2) is 4.98 Å². The molecule has 16 heavy (non-hydrogen) atoms. The number of hydrogen-bond donors (Lipinski definition) is 2. The first-order chi connectivity index (χ1) is 7.58. The van der Waals surface area contributed by atoms with Gasteiger partial charge in [-0.05, 0) is 13.8 Å². The number of H-pyrrole nitrogens is 1. The van der Waals surface area contributed by atoms with Gasteiger partial charge in [0.25, 0.3) is 5.56 Å². The molecule has 0 aliphatic rings. The minimum absolute atomic E-state index is 0.170. The molecule has 0 amide bonds. The molecular formula is C10H15N3O3. The quantitative estimate of drug-likeness (QED) is 0.749. The van der Waals surface area contributed by atoms with Gasteiger partial charge in [0.05, 0.1) is 6.42 Å². The van der Waals surface area contributed by atoms with Crippen LogP contribution in [-0.2, 0) is 11.2 Å². The van der Waals surface area contributed by atoms with E-state index in [1.165, 1.54) is 6.20 Å². The first-order valence-corrected chi connectivity index (χ1v) is 5.13. The van der Waals surface area contributed by atoms with Crippen LogP contribution in [0.3, 0.4) is 0 Å². The van der Waals surface area contributed by atoms with Gasteiger partial charge < -0.3 is 10.0 Å². The molecule has 88 valence electrons. The standard InChI is InChI=1S/C10H15N3O3/c1-3-13(4-2)10-11-6-7(5-8(14)15)9(16)12-10/h6H,3-5H2,1-2H3,(H,14,15)(H,11,12,16). The number of carboxylic acids is 1. The summed E-state index contributed by atoms with van der Waals surface area (Å²) in [6, 6.07) is 0. The van der Waals surface area contributed by atoms with Gasteiger partial charge in [0.2, 0.25) is 5.95 Å². The predicted molar refractivity (Wildman–Crippen MR) is 59.8 cm³/mol. The van der Waals surface area contributed by atoms with Crippen LogP contribution in [0.2, 0.25) is 0 Å². The van der Waals surface area contributed by atoms with Crippen LogP contribution >= 0.6 is 0 Å². The summed E-state index contributed by atoms with van der Waals surface area (Å²) >= 11 is 0. The highest BCUT2D eigenvalue weighted by Crippen LogP contribution is 2.03. The van der Waals surface area contributed by atoms with Gasteiger partial charge in [-0.3, -0.25) is 14.6 Å². The van der Waals surface area contributed by atoms with Gasteiger partial charge >= 0.3 is 5.97 Å². The summed E-state index contributed by atoms with van der Waals surface area (Å²) < 4.78 is 0. The molecule has 0 saturated carbocycles. The van der Waals surface area contributed by atoms with Crippen LogP contribution in [0.5, 0.6) is 0 Å². The molecular weight excluding hydrogens is 210 g/mol. The van der Waals surface area contributed by atoms with E-state index in [0.717, 1.165) is 13.1 Å². The van der Waals surface area contributed by atoms with Crippen molar-refractivity contribution in [2.45, 2.75) is 20.3 Å². The minimum Gasteiger partial charge on any atom is -0.481 e. The fourth-order valence-electron chi connectivity index (χ4n) is 1.38. The highest BCUT2D eigenvalue weighted by molar-refractivity contribution is 5.69. The largest absolute Gasteiger partial charge is 0.481 e. The van der Waals surface area contributed by atoms with Crippen molar-refractivity contribution in [1.82, 2.24) is 9.97 Å². The van der Waals surface area contributed by atoms with Crippen LogP contribution in [0.25, 0.3) is 0 Å². The number of aromatic nitrogens is 2. The number of aromatic amines is 1. The minimum atomic E-state index is -1.04. The number of anilines is 1. The van der Waals surface area contributed by atoms with Crippen molar-refractivity contribution in [1.29, 1.82) is 0 Å². The van der Waals surface area contributed by atoms with Crippen molar-refractivity contribution in [2.24, 2.45) is 0 Å². The van der Waals surface area contributed by atoms with Crippen LogP contribution in [0.15, 0.2) is 11.0 Å². The Labute approximate surface area is 92.9 Å². The zero-order chi connectivity index (χ0) is 12.1. The summed E-state index contributed by atoms with van der Waals surface area (Å²) in [6.07, 6.45) is 1.02. The lowest BCUT2D eigenvalue weighted by atomic mass is 10.2. The van der Waals surface area contributed by atoms with Gasteiger partial charge in [0.1, 0.15) is 0 Å². The Morgan fingerprint density at radius 2 is 2.12 bits per heavy atom. The molecule has 0 atom stereocenters. The average molecular weight is 225 g/mol. The Morgan fingerprint density at radius 1 is 1.50 bits per heavy atom. The molecule has 6 heteroatoms. The summed E-state index contributed by atoms with van der Waals surface area (Å²) in [5.74, 6) is -0.563. The maximum atomic E-state index is 11.5. The normalized spacial score (nSPS) is 10.1. The van der Waals surface area contributed by atoms with Crippen LogP contribution < -0.4 is 10.5 Å². The second kappa shape index (κ2) is 5.29. The number of rotatable bonds is 5. The molecule has 0 spiro atoms. The molecule has 1 aromatic rings. The van der Waals surface area contributed by atoms with E-state index in [-0.39, 0.29) is 17.5 Å². The summed E-state index contributed by atoms with van der Waals surface area (Å²) in [4.78, 5) is 30.5. The lowest BCUT2D eigenvalue weighted by molar-refractivity contribution is -0.136. The molecule has 0 aliphatic carbocycles. The molecule has 0 radical (unpaired) electrons. The molecule has 6 nitrogen and oxygen atoms in total. The van der Waals surface area contributed by atoms with E-state index in [2.05, 4.69) is 9.97 Å². The predicted octanol–water partition coefficient (Wildman–Crippen LogP) is 0.243. The Hall–Kier alpha value is -1.85. The molecule has 1 heterocycles. The van der Waals surface area contributed by atoms with E-state index in [9.17, 15) is 9.59 Å². The molecule has 0 aromatic carbocycles. The van der Waals surface area contributed by atoms with Crippen molar-refractivity contribution in [3.05, 3.63) is 22.1 Å². The van der Waals surface area contributed by atoms with Gasteiger partial charge in [0, 0.05) is 24.8 Å². The van der Waals surface area contributed by atoms with E-state index >= 15 is 0 Å². The summed E-state index contributed by atoms with van der Waals surface area (Å²) in [5.41, 5.74) is -0.220. The van der Waals surface area contributed by atoms with Crippen LogP contribution in [0.1, 0.15) is 19.4 Å². The first kappa shape index (κ1) is 12.2. The molecule has 2 N–H and O–H groups in total. The van der Waals surface area contributed by atoms with Gasteiger partial charge in [-0.15, -0.1) is 0 Å². The second-order valence-electron chi connectivity index (χ2n) is 3.30. The third-order valence-corrected chi connectivity index (χ3v) is 2.26. The van der Waals surface area contributed by atoms with Crippen LogP contribution in [0.4, 0.5) is 5.95 Å². The Bertz CT molecular complexity index is 424. The van der Waals surface area contributed by atoms with E-state index < -0.39 is 5.97 Å². The maximum absolute atomic E-state index is 11.5. The Kier molecular flexibility index (Phi) is 4.04. The van der Waals surface area contributed by atoms with E-state index in [1.807, 2.05) is 18.7 Å². The van der Waals surface area contributed by atoms with Crippen molar-refractivity contribution in [3.63, 3.8) is 0 Å². The Morgan fingerprint density at radius 3 is 2.56 bits per heavy atom. The number of hydrogen-bond acceptors (Lipinski definition) is 4. The first-order valence-electron chi connectivity index (χ1n) is 5.13. The van der Waals surface area contributed by atoms with E-state index in [0.29, 0.717) is 5.95 Å². The summed E-state index contributed by atoms with van der Waals surface area (Å²) in [5, 5.41) is 8.57. The SMILES string of the molecule is CCN(CC)c1ncc(CC(=O)O)c(=O)[nH]1. The number of aliphatic carboxylic acids is 1. The number of carboxylic acid groups (broad SMARTS) is 1. The smallest absolute Gasteiger partial charge is 0.308 e. The fourth-order valence-corrected chi connectivity index (χ4v) is 1.38. The highest BCUT2D eigenvalue weighted by atomic mass is 16.4. The Balaban J connectivity index is 2.99. The van der Waals surface area contributed by atoms with Gasteiger partial charge in [-0.1, -0.05) is 0 Å². The van der Waals surface area contributed by atoms with Crippen LogP contribution in [-0.4, -0.2) is 34.1 Å². The van der Waals surface area contributed by atoms with Gasteiger partial charge in [-0.2, -0.15) is 0 Å². The lowest BCUT2D eigenvalue weighted by Crippen LogP contribution is -2.28. The summed E-state index contributed by atoms with van der Waals surface area (Å²) in [7, 11) is 0. The molecule has 1 aromatic heterocycles. The average Bonchev–Trinajstić information content (AvgIpc) is 2.23. The number of nitrogens with zero attached hydrogens (tertiary/aromatic N) is 2. The topological polar surface area (TPSA) is 86.3 Å². The monoisotopic (exact) mass is 225 g/mol. The summed E-state index contributed by atoms with van der Waals surface area (Å²) in [6.45, 7) is 5.37. The number of nitrogens with one attached hydrogen (secondary N) is 1. The molecule has 1 rings (SSSR count). The van der Waals surface area contributed by atoms with Crippen molar-refractivity contribution in [2.75, 3.05) is 18.0 Å². The zero-order valence-corrected chi connectivity index (χ0v) is 9.36. The molecule has 0 bridgehead atoms. The molecule has 0 aliphatic heterocycles. The fraction of sp³-hybridized carbons (Fsp3) is 0.500. The highest BCUT2D eigenvalue weighted by Gasteiger charge is 2.09. The van der Waals surface area contributed by atoms with Gasteiger partial charge in [0.15, 0.2) is 0 Å². The molecule has 0 fully saturated rings. The van der Waals surface area contributed by atoms with Crippen LogP contribution in [0, 0.1) is 0 Å². The third-order valence-electron chi connectivity index (χ3n) is 2.26. The third kappa shape index (κ3) is 2.82. The van der Waals surface area contributed by atoms with Crippen molar-refractivity contribution < 1.29 is 9.90 Å². The number of carbonyl (C=O) groups is 1. The van der Waals surface area contributed by atoms with Crippen molar-refractivity contribution >= 4 is 11.9 Å².